The molecule has 35 heavy (non-hydrogen) atoms. The van der Waals surface area contributed by atoms with Gasteiger partial charge in [-0.25, -0.2) is 9.97 Å². The summed E-state index contributed by atoms with van der Waals surface area (Å²) in [5.74, 6) is 0.609. The summed E-state index contributed by atoms with van der Waals surface area (Å²) in [4.78, 5) is 21.5. The summed E-state index contributed by atoms with van der Waals surface area (Å²) in [6, 6.07) is 13.8. The number of carbonyl (C=O) groups is 1. The van der Waals surface area contributed by atoms with E-state index in [-0.39, 0.29) is 17.7 Å². The number of benzene rings is 2. The number of hydrogen-bond donors (Lipinski definition) is 3. The second-order valence-electron chi connectivity index (χ2n) is 8.05. The third kappa shape index (κ3) is 5.70. The van der Waals surface area contributed by atoms with Gasteiger partial charge >= 0.3 is 0 Å². The van der Waals surface area contributed by atoms with E-state index in [4.69, 9.17) is 16.3 Å². The number of hydrogen-bond acceptors (Lipinski definition) is 7. The number of amides is 1. The molecule has 0 spiro atoms. The van der Waals surface area contributed by atoms with Gasteiger partial charge in [0.1, 0.15) is 22.9 Å². The average Bonchev–Trinajstić information content (AvgIpc) is 3.35. The maximum atomic E-state index is 12.7. The molecule has 2 heterocycles. The first-order chi connectivity index (χ1) is 16.8. The van der Waals surface area contributed by atoms with Crippen molar-refractivity contribution in [3.8, 4) is 22.9 Å². The number of nitrogens with zero attached hydrogens (tertiary/aromatic N) is 4. The Balaban J connectivity index is 1.50. The van der Waals surface area contributed by atoms with Gasteiger partial charge < -0.3 is 20.5 Å². The van der Waals surface area contributed by atoms with Gasteiger partial charge in [0.15, 0.2) is 0 Å². The topological polar surface area (TPSA) is 114 Å². The summed E-state index contributed by atoms with van der Waals surface area (Å²) in [5.41, 5.74) is 3.04. The number of anilines is 2. The van der Waals surface area contributed by atoms with E-state index in [9.17, 15) is 9.90 Å². The molecule has 0 fully saturated rings. The molecule has 0 saturated heterocycles. The number of ether oxygens (including phenoxy) is 1. The molecular weight excluding hydrogens is 468 g/mol. The van der Waals surface area contributed by atoms with Crippen LogP contribution in [0, 0.1) is 0 Å². The molecule has 0 aliphatic heterocycles. The first kappa shape index (κ1) is 24.0. The molecule has 4 rings (SSSR count). The molecule has 9 nitrogen and oxygen atoms in total. The van der Waals surface area contributed by atoms with Crippen molar-refractivity contribution in [2.75, 3.05) is 12.4 Å². The predicted octanol–water partition coefficient (Wildman–Crippen LogP) is 4.96. The number of carbonyl (C=O) groups excluding carboxylic acids is 1. The van der Waals surface area contributed by atoms with Crippen molar-refractivity contribution in [1.82, 2.24) is 25.1 Å². The second kappa shape index (κ2) is 10.4. The molecule has 0 saturated carbocycles. The number of rotatable bonds is 8. The average molecular weight is 493 g/mol. The van der Waals surface area contributed by atoms with E-state index in [0.29, 0.717) is 45.9 Å². The van der Waals surface area contributed by atoms with Crippen LogP contribution in [0.2, 0.25) is 5.02 Å². The van der Waals surface area contributed by atoms with Crippen molar-refractivity contribution in [2.45, 2.75) is 26.4 Å². The molecule has 180 valence electrons. The van der Waals surface area contributed by atoms with Crippen molar-refractivity contribution < 1.29 is 14.6 Å². The molecular formula is C25H25ClN6O3. The lowest BCUT2D eigenvalue weighted by Gasteiger charge is -2.12. The van der Waals surface area contributed by atoms with Gasteiger partial charge in [0.25, 0.3) is 5.91 Å². The zero-order valence-corrected chi connectivity index (χ0v) is 20.2. The maximum Gasteiger partial charge on any atom is 0.255 e. The highest BCUT2D eigenvalue weighted by atomic mass is 35.5. The van der Waals surface area contributed by atoms with Crippen molar-refractivity contribution >= 4 is 29.1 Å². The third-order valence-electron chi connectivity index (χ3n) is 5.22. The zero-order valence-electron chi connectivity index (χ0n) is 19.5. The van der Waals surface area contributed by atoms with Crippen LogP contribution < -0.4 is 15.4 Å². The fourth-order valence-electron chi connectivity index (χ4n) is 3.34. The first-order valence-corrected chi connectivity index (χ1v) is 11.3. The Labute approximate surface area is 207 Å². The lowest BCUT2D eigenvalue weighted by atomic mass is 10.1. The van der Waals surface area contributed by atoms with Crippen LogP contribution in [0.4, 0.5) is 11.6 Å². The zero-order chi connectivity index (χ0) is 24.9. The normalized spacial score (nSPS) is 10.9. The molecule has 2 aromatic heterocycles. The summed E-state index contributed by atoms with van der Waals surface area (Å²) in [6.07, 6.45) is 3.39. The molecule has 2 aromatic carbocycles. The number of methoxy groups -OCH3 is 1. The summed E-state index contributed by atoms with van der Waals surface area (Å²) in [7, 11) is 1.50. The van der Waals surface area contributed by atoms with Gasteiger partial charge in [0.2, 0.25) is 5.95 Å². The fraction of sp³-hybridized carbons (Fsp3) is 0.200. The van der Waals surface area contributed by atoms with Gasteiger partial charge in [-0.2, -0.15) is 5.10 Å². The first-order valence-electron chi connectivity index (χ1n) is 10.9. The van der Waals surface area contributed by atoms with Crippen LogP contribution in [-0.4, -0.2) is 37.9 Å². The third-order valence-corrected chi connectivity index (χ3v) is 5.49. The molecule has 1 amide bonds. The van der Waals surface area contributed by atoms with Crippen LogP contribution >= 0.6 is 11.6 Å². The second-order valence-corrected chi connectivity index (χ2v) is 8.46. The minimum atomic E-state index is -0.285. The lowest BCUT2D eigenvalue weighted by Crippen LogP contribution is -2.23. The van der Waals surface area contributed by atoms with E-state index in [1.807, 2.05) is 30.8 Å². The number of aromatic hydroxyl groups is 1. The van der Waals surface area contributed by atoms with Gasteiger partial charge in [0, 0.05) is 30.5 Å². The van der Waals surface area contributed by atoms with Crippen molar-refractivity contribution in [3.05, 3.63) is 77.1 Å². The largest absolute Gasteiger partial charge is 0.508 e. The highest BCUT2D eigenvalue weighted by molar-refractivity contribution is 6.32. The van der Waals surface area contributed by atoms with E-state index in [1.165, 1.54) is 13.3 Å². The van der Waals surface area contributed by atoms with E-state index >= 15 is 0 Å². The van der Waals surface area contributed by atoms with Crippen LogP contribution in [0.15, 0.2) is 60.9 Å². The van der Waals surface area contributed by atoms with Gasteiger partial charge in [-0.1, -0.05) is 23.7 Å². The number of aromatic nitrogens is 4. The summed E-state index contributed by atoms with van der Waals surface area (Å²) in [5, 5.41) is 20.3. The Morgan fingerprint density at radius 2 is 1.94 bits per heavy atom. The molecule has 0 bridgehead atoms. The highest BCUT2D eigenvalue weighted by Gasteiger charge is 2.15. The monoisotopic (exact) mass is 492 g/mol. The van der Waals surface area contributed by atoms with Gasteiger partial charge in [0.05, 0.1) is 23.9 Å². The van der Waals surface area contributed by atoms with E-state index in [2.05, 4.69) is 25.7 Å². The number of halogens is 1. The Morgan fingerprint density at radius 1 is 1.17 bits per heavy atom. The van der Waals surface area contributed by atoms with Crippen LogP contribution in [0.3, 0.4) is 0 Å². The molecule has 0 unspecified atom stereocenters. The summed E-state index contributed by atoms with van der Waals surface area (Å²) >= 11 is 6.33. The Hall–Kier alpha value is -4.11. The predicted molar refractivity (Wildman–Crippen MR) is 134 cm³/mol. The Bertz CT molecular complexity index is 1340. The van der Waals surface area contributed by atoms with E-state index in [0.717, 1.165) is 5.56 Å². The van der Waals surface area contributed by atoms with Gasteiger partial charge in [-0.15, -0.1) is 0 Å². The summed E-state index contributed by atoms with van der Waals surface area (Å²) < 4.78 is 7.27. The molecule has 0 aliphatic rings. The highest BCUT2D eigenvalue weighted by Crippen LogP contribution is 2.28. The molecule has 0 atom stereocenters. The SMILES string of the molecule is COc1cc(Nc2ncc(Cl)c(-c3ccn(C(C)C)n3)n2)ccc1C(=O)NCc1ccc(O)cc1. The quantitative estimate of drug-likeness (QED) is 0.318. The Kier molecular flexibility index (Phi) is 7.17. The summed E-state index contributed by atoms with van der Waals surface area (Å²) in [6.45, 7) is 4.39. The van der Waals surface area contributed by atoms with Gasteiger partial charge in [-0.3, -0.25) is 9.48 Å². The number of phenols is 1. The van der Waals surface area contributed by atoms with E-state index < -0.39 is 0 Å². The fourth-order valence-corrected chi connectivity index (χ4v) is 3.52. The Morgan fingerprint density at radius 3 is 2.63 bits per heavy atom. The van der Waals surface area contributed by atoms with Crippen molar-refractivity contribution in [1.29, 1.82) is 0 Å². The molecule has 4 aromatic rings. The lowest BCUT2D eigenvalue weighted by molar-refractivity contribution is 0.0948. The van der Waals surface area contributed by atoms with Crippen LogP contribution in [0.25, 0.3) is 11.4 Å². The van der Waals surface area contributed by atoms with Crippen molar-refractivity contribution in [3.63, 3.8) is 0 Å². The van der Waals surface area contributed by atoms with Crippen LogP contribution in [-0.2, 0) is 6.54 Å². The minimum Gasteiger partial charge on any atom is -0.508 e. The smallest absolute Gasteiger partial charge is 0.255 e. The van der Waals surface area contributed by atoms with E-state index in [1.54, 1.807) is 42.5 Å². The molecule has 3 N–H and O–H groups in total. The van der Waals surface area contributed by atoms with Crippen molar-refractivity contribution in [2.24, 2.45) is 0 Å². The van der Waals surface area contributed by atoms with Gasteiger partial charge in [-0.05, 0) is 49.7 Å². The van der Waals surface area contributed by atoms with Crippen LogP contribution in [0.5, 0.6) is 11.5 Å². The molecule has 0 aliphatic carbocycles. The number of nitrogens with one attached hydrogen (secondary N) is 2. The maximum absolute atomic E-state index is 12.7. The standard InChI is InChI=1S/C25H25ClN6O3/c1-15(2)32-11-10-21(31-32)23-20(26)14-28-25(30-23)29-17-6-9-19(22(12-17)35-3)24(34)27-13-16-4-7-18(33)8-5-16/h4-12,14-15,33H,13H2,1-3H3,(H,27,34)(H,28,29,30). The molecule has 0 radical (unpaired) electrons. The number of phenolic OH excluding ortho intramolecular Hbond substituents is 1. The molecule has 10 heteroatoms. The van der Waals surface area contributed by atoms with Crippen LogP contribution in [0.1, 0.15) is 35.8 Å². The minimum absolute atomic E-state index is 0.173.